The molecule has 8 aliphatic carbocycles. The van der Waals surface area contributed by atoms with Crippen molar-refractivity contribution in [3.63, 3.8) is 0 Å². The number of rotatable bonds is 2. The third-order valence-electron chi connectivity index (χ3n) is 11.3. The predicted molar refractivity (Wildman–Crippen MR) is 131 cm³/mol. The van der Waals surface area contributed by atoms with Crippen LogP contribution in [0.2, 0.25) is 0 Å². The van der Waals surface area contributed by atoms with Crippen molar-refractivity contribution in [2.45, 2.75) is 90.4 Å². The van der Waals surface area contributed by atoms with E-state index in [1.807, 2.05) is 13.8 Å². The Hall–Kier alpha value is -1.66. The zero-order chi connectivity index (χ0) is 21.5. The minimum atomic E-state index is 0.542. The number of hydrogen-bond acceptors (Lipinski definition) is 0. The fourth-order valence-corrected chi connectivity index (χ4v) is 11.4. The maximum atomic E-state index is 3.58. The Balaban J connectivity index is 1.43. The van der Waals surface area contributed by atoms with E-state index in [1.165, 1.54) is 36.8 Å². The van der Waals surface area contributed by atoms with E-state index in [-0.39, 0.29) is 0 Å². The fourth-order valence-electron chi connectivity index (χ4n) is 11.4. The molecule has 0 spiro atoms. The molecule has 9 rings (SSSR count). The predicted octanol–water partition coefficient (Wildman–Crippen LogP) is 7.56. The molecular formula is C32H38. The molecule has 1 aromatic rings. The molecule has 8 bridgehead atoms. The Bertz CT molecular complexity index is 1020. The fraction of sp³-hybridized carbons (Fsp3) is 0.688. The lowest BCUT2D eigenvalue weighted by molar-refractivity contribution is -0.211. The summed E-state index contributed by atoms with van der Waals surface area (Å²) >= 11 is 0. The molecule has 32 heavy (non-hydrogen) atoms. The lowest BCUT2D eigenvalue weighted by Gasteiger charge is -2.73. The van der Waals surface area contributed by atoms with Crippen LogP contribution in [0.15, 0.2) is 18.2 Å². The van der Waals surface area contributed by atoms with Crippen LogP contribution in [-0.2, 0) is 0 Å². The van der Waals surface area contributed by atoms with Gasteiger partial charge in [0.15, 0.2) is 0 Å². The van der Waals surface area contributed by atoms with Crippen molar-refractivity contribution in [2.24, 2.45) is 46.3 Å². The summed E-state index contributed by atoms with van der Waals surface area (Å²) in [5.74, 6) is 20.2. The Kier molecular flexibility index (Phi) is 4.28. The lowest BCUT2D eigenvalue weighted by atomic mass is 9.32. The summed E-state index contributed by atoms with van der Waals surface area (Å²) in [7, 11) is 0. The van der Waals surface area contributed by atoms with E-state index in [9.17, 15) is 0 Å². The van der Waals surface area contributed by atoms with Gasteiger partial charge in [0.1, 0.15) is 0 Å². The van der Waals surface area contributed by atoms with Crippen LogP contribution in [0.5, 0.6) is 0 Å². The summed E-state index contributed by atoms with van der Waals surface area (Å²) in [6.07, 6.45) is 16.9. The Morgan fingerprint density at radius 2 is 1.25 bits per heavy atom. The second-order valence-electron chi connectivity index (χ2n) is 13.0. The average Bonchev–Trinajstić information content (AvgIpc) is 2.74. The first kappa shape index (κ1) is 19.8. The van der Waals surface area contributed by atoms with E-state index in [2.05, 4.69) is 41.9 Å². The Morgan fingerprint density at radius 1 is 0.688 bits per heavy atom. The van der Waals surface area contributed by atoms with Gasteiger partial charge in [0.05, 0.1) is 0 Å². The lowest BCUT2D eigenvalue weighted by Crippen LogP contribution is -2.63. The van der Waals surface area contributed by atoms with Crippen LogP contribution in [0.25, 0.3) is 0 Å². The summed E-state index contributed by atoms with van der Waals surface area (Å²) in [6.45, 7) is 3.97. The smallest absolute Gasteiger partial charge is 0.0436 e. The highest BCUT2D eigenvalue weighted by Gasteiger charge is 2.68. The first-order chi connectivity index (χ1) is 15.6. The molecule has 166 valence electrons. The monoisotopic (exact) mass is 422 g/mol. The summed E-state index contributed by atoms with van der Waals surface area (Å²) in [6, 6.07) is 7.00. The zero-order valence-corrected chi connectivity index (χ0v) is 20.1. The van der Waals surface area contributed by atoms with Crippen LogP contribution < -0.4 is 0 Å². The molecule has 0 radical (unpaired) electrons. The molecule has 8 fully saturated rings. The molecule has 1 aromatic carbocycles. The van der Waals surface area contributed by atoms with E-state index in [4.69, 9.17) is 0 Å². The molecule has 0 amide bonds. The molecule has 0 aromatic heterocycles. The third kappa shape index (κ3) is 2.60. The summed E-state index contributed by atoms with van der Waals surface area (Å²) in [5.41, 5.74) is 5.23. The van der Waals surface area contributed by atoms with Crippen LogP contribution in [0.3, 0.4) is 0 Å². The van der Waals surface area contributed by atoms with E-state index in [0.717, 1.165) is 41.4 Å². The van der Waals surface area contributed by atoms with Gasteiger partial charge in [-0.05, 0) is 148 Å². The maximum Gasteiger partial charge on any atom is 0.0436 e. The van der Waals surface area contributed by atoms with E-state index in [0.29, 0.717) is 10.8 Å². The second-order valence-corrected chi connectivity index (χ2v) is 13.0. The quantitative estimate of drug-likeness (QED) is 0.431. The van der Waals surface area contributed by atoms with Crippen LogP contribution in [0.1, 0.15) is 107 Å². The van der Waals surface area contributed by atoms with Crippen molar-refractivity contribution in [3.05, 3.63) is 34.9 Å². The molecule has 3 atom stereocenters. The number of hydrogen-bond donors (Lipinski definition) is 0. The largest absolute Gasteiger partial charge is 0.101 e. The first-order valence-corrected chi connectivity index (χ1v) is 13.6. The second kappa shape index (κ2) is 6.92. The molecular weight excluding hydrogens is 384 g/mol. The molecule has 0 aliphatic heterocycles. The summed E-state index contributed by atoms with van der Waals surface area (Å²) in [4.78, 5) is 0. The van der Waals surface area contributed by atoms with Crippen molar-refractivity contribution in [2.75, 3.05) is 0 Å². The van der Waals surface area contributed by atoms with Crippen molar-refractivity contribution in [3.8, 4) is 23.7 Å². The van der Waals surface area contributed by atoms with Crippen molar-refractivity contribution in [1.82, 2.24) is 0 Å². The van der Waals surface area contributed by atoms with Gasteiger partial charge in [0.2, 0.25) is 0 Å². The normalized spacial score (nSPS) is 47.0. The van der Waals surface area contributed by atoms with Gasteiger partial charge in [-0.15, -0.1) is 11.8 Å². The summed E-state index contributed by atoms with van der Waals surface area (Å²) < 4.78 is 0. The van der Waals surface area contributed by atoms with Crippen molar-refractivity contribution < 1.29 is 0 Å². The highest BCUT2D eigenvalue weighted by Crippen LogP contribution is 2.78. The minimum Gasteiger partial charge on any atom is -0.101 e. The molecule has 0 saturated heterocycles. The van der Waals surface area contributed by atoms with Gasteiger partial charge in [0.25, 0.3) is 0 Å². The molecule has 0 nitrogen and oxygen atoms in total. The van der Waals surface area contributed by atoms with Gasteiger partial charge in [-0.3, -0.25) is 0 Å². The molecule has 3 unspecified atom stereocenters. The van der Waals surface area contributed by atoms with Gasteiger partial charge < -0.3 is 0 Å². The Morgan fingerprint density at radius 3 is 1.81 bits per heavy atom. The van der Waals surface area contributed by atoms with Gasteiger partial charge in [0, 0.05) is 11.1 Å². The minimum absolute atomic E-state index is 0.542. The highest BCUT2D eigenvalue weighted by atomic mass is 14.7. The van der Waals surface area contributed by atoms with E-state index >= 15 is 0 Å². The van der Waals surface area contributed by atoms with Crippen molar-refractivity contribution in [1.29, 1.82) is 0 Å². The number of benzene rings is 1. The van der Waals surface area contributed by atoms with Gasteiger partial charge in [-0.2, -0.15) is 0 Å². The molecule has 0 heteroatoms. The highest BCUT2D eigenvalue weighted by molar-refractivity contribution is 5.56. The summed E-state index contributed by atoms with van der Waals surface area (Å²) in [5, 5.41) is 0. The van der Waals surface area contributed by atoms with Crippen LogP contribution in [0, 0.1) is 70.0 Å². The molecule has 0 heterocycles. The molecule has 8 saturated carbocycles. The zero-order valence-electron chi connectivity index (χ0n) is 20.1. The topological polar surface area (TPSA) is 0 Å². The average molecular weight is 423 g/mol. The van der Waals surface area contributed by atoms with Crippen LogP contribution in [-0.4, -0.2) is 0 Å². The third-order valence-corrected chi connectivity index (χ3v) is 11.3. The van der Waals surface area contributed by atoms with Crippen molar-refractivity contribution >= 4 is 0 Å². The van der Waals surface area contributed by atoms with Crippen LogP contribution >= 0.6 is 0 Å². The van der Waals surface area contributed by atoms with Gasteiger partial charge in [-0.25, -0.2) is 0 Å². The molecule has 0 N–H and O–H groups in total. The Labute approximate surface area is 195 Å². The van der Waals surface area contributed by atoms with Crippen LogP contribution in [0.4, 0.5) is 0 Å². The van der Waals surface area contributed by atoms with E-state index < -0.39 is 0 Å². The first-order valence-electron chi connectivity index (χ1n) is 13.6. The maximum absolute atomic E-state index is 3.58. The van der Waals surface area contributed by atoms with Gasteiger partial charge in [-0.1, -0.05) is 24.0 Å². The SMILES string of the molecule is CC#Cc1cccc(C2C3CC4CC(C3)CC2(C23CC5CC(CC(C5)C2)C3)C4)c1C#CC. The standard InChI is InChI=1S/C32H38/c1-3-6-26-8-5-9-29(28(26)7-4-2)30-27-14-24-13-25(15-27)20-32(30,19-24)31-16-21-10-22(17-31)12-23(11-21)18-31/h5,8-9,21-25,27,30H,10-20H2,1-2H3. The molecule has 8 aliphatic rings. The van der Waals surface area contributed by atoms with E-state index in [1.54, 1.807) is 50.5 Å². The van der Waals surface area contributed by atoms with Gasteiger partial charge >= 0.3 is 0 Å².